The maximum Gasteiger partial charge on any atom is 0.241 e. The highest BCUT2D eigenvalue weighted by Gasteiger charge is 2.15. The summed E-state index contributed by atoms with van der Waals surface area (Å²) in [7, 11) is 0. The molecule has 1 aromatic heterocycles. The van der Waals surface area contributed by atoms with E-state index in [0.717, 1.165) is 16.8 Å². The van der Waals surface area contributed by atoms with E-state index in [0.29, 0.717) is 12.4 Å². The number of hydrogen-bond acceptors (Lipinski definition) is 4. The summed E-state index contributed by atoms with van der Waals surface area (Å²) in [4.78, 5) is 20.2. The second kappa shape index (κ2) is 7.71. The van der Waals surface area contributed by atoms with Crippen LogP contribution < -0.4 is 11.1 Å². The first kappa shape index (κ1) is 17.1. The maximum absolute atomic E-state index is 12.0. The summed E-state index contributed by atoms with van der Waals surface area (Å²) < 4.78 is 0. The van der Waals surface area contributed by atoms with Gasteiger partial charge < -0.3 is 11.1 Å². The van der Waals surface area contributed by atoms with Gasteiger partial charge in [0.15, 0.2) is 0 Å². The quantitative estimate of drug-likeness (QED) is 0.903. The molecule has 0 spiro atoms. The van der Waals surface area contributed by atoms with Crippen molar-refractivity contribution in [2.45, 2.75) is 26.4 Å². The summed E-state index contributed by atoms with van der Waals surface area (Å²) in [5, 5.41) is 2.78. The van der Waals surface area contributed by atoms with Crippen LogP contribution in [0.4, 0.5) is 0 Å². The standard InChI is InChI=1S/C15H18N4O.ClH/c1-10-3-5-12(6-4-10)14(16)15(20)18-9-13-7-8-17-11(2)19-13;/h3-8,14H,9,16H2,1-2H3,(H,18,20);1H. The van der Waals surface area contributed by atoms with Crippen molar-refractivity contribution in [2.24, 2.45) is 5.73 Å². The average Bonchev–Trinajstić information content (AvgIpc) is 2.45. The SMILES string of the molecule is Cc1ccc(C(N)C(=O)NCc2ccnc(C)n2)cc1.Cl. The number of carbonyl (C=O) groups excluding carboxylic acids is 1. The average molecular weight is 307 g/mol. The van der Waals surface area contributed by atoms with Crippen molar-refractivity contribution in [1.29, 1.82) is 0 Å². The van der Waals surface area contributed by atoms with Gasteiger partial charge in [-0.3, -0.25) is 4.79 Å². The molecule has 5 nitrogen and oxygen atoms in total. The van der Waals surface area contributed by atoms with Crippen molar-refractivity contribution < 1.29 is 4.79 Å². The molecule has 0 fully saturated rings. The molecule has 1 atom stereocenters. The van der Waals surface area contributed by atoms with Crippen molar-refractivity contribution in [3.8, 4) is 0 Å². The van der Waals surface area contributed by atoms with Crippen LogP contribution in [0, 0.1) is 13.8 Å². The van der Waals surface area contributed by atoms with E-state index in [9.17, 15) is 4.79 Å². The van der Waals surface area contributed by atoms with Crippen LogP contribution in [0.5, 0.6) is 0 Å². The van der Waals surface area contributed by atoms with Crippen LogP contribution in [0.1, 0.15) is 28.7 Å². The highest BCUT2D eigenvalue weighted by molar-refractivity contribution is 5.85. The Bertz CT molecular complexity index is 601. The fourth-order valence-electron chi connectivity index (χ4n) is 1.82. The number of halogens is 1. The van der Waals surface area contributed by atoms with Crippen molar-refractivity contribution in [2.75, 3.05) is 0 Å². The van der Waals surface area contributed by atoms with E-state index >= 15 is 0 Å². The van der Waals surface area contributed by atoms with Crippen molar-refractivity contribution >= 4 is 18.3 Å². The predicted octanol–water partition coefficient (Wildman–Crippen LogP) is 1.83. The molecule has 0 aliphatic heterocycles. The molecule has 0 saturated carbocycles. The molecule has 1 heterocycles. The normalized spacial score (nSPS) is 11.4. The lowest BCUT2D eigenvalue weighted by atomic mass is 10.1. The Morgan fingerprint density at radius 2 is 1.90 bits per heavy atom. The van der Waals surface area contributed by atoms with Crippen LogP contribution in [-0.2, 0) is 11.3 Å². The number of hydrogen-bond donors (Lipinski definition) is 2. The second-order valence-corrected chi connectivity index (χ2v) is 4.70. The van der Waals surface area contributed by atoms with Gasteiger partial charge in [-0.15, -0.1) is 12.4 Å². The Kier molecular flexibility index (Phi) is 6.27. The Morgan fingerprint density at radius 1 is 1.24 bits per heavy atom. The molecule has 3 N–H and O–H groups in total. The van der Waals surface area contributed by atoms with Crippen LogP contribution in [-0.4, -0.2) is 15.9 Å². The third-order valence-corrected chi connectivity index (χ3v) is 3.00. The van der Waals surface area contributed by atoms with Crippen LogP contribution in [0.2, 0.25) is 0 Å². The Balaban J connectivity index is 0.00000220. The van der Waals surface area contributed by atoms with Gasteiger partial charge in [0.1, 0.15) is 11.9 Å². The van der Waals surface area contributed by atoms with Crippen molar-refractivity contribution in [3.05, 3.63) is 59.2 Å². The summed E-state index contributed by atoms with van der Waals surface area (Å²) in [6.07, 6.45) is 1.67. The van der Waals surface area contributed by atoms with E-state index in [2.05, 4.69) is 15.3 Å². The first-order chi connectivity index (χ1) is 9.56. The predicted molar refractivity (Wildman–Crippen MR) is 84.0 cm³/mol. The van der Waals surface area contributed by atoms with E-state index in [4.69, 9.17) is 5.73 Å². The smallest absolute Gasteiger partial charge is 0.241 e. The number of nitrogens with one attached hydrogen (secondary N) is 1. The van der Waals surface area contributed by atoms with Gasteiger partial charge >= 0.3 is 0 Å². The lowest BCUT2D eigenvalue weighted by Gasteiger charge is -2.12. The first-order valence-corrected chi connectivity index (χ1v) is 6.44. The fraction of sp³-hybridized carbons (Fsp3) is 0.267. The van der Waals surface area contributed by atoms with E-state index in [1.165, 1.54) is 0 Å². The molecule has 1 aromatic carbocycles. The summed E-state index contributed by atoms with van der Waals surface area (Å²) in [6, 6.07) is 8.72. The van der Waals surface area contributed by atoms with Gasteiger partial charge in [0.25, 0.3) is 0 Å². The lowest BCUT2D eigenvalue weighted by Crippen LogP contribution is -2.33. The summed E-state index contributed by atoms with van der Waals surface area (Å²) in [5.41, 5.74) is 8.64. The third-order valence-electron chi connectivity index (χ3n) is 3.00. The largest absolute Gasteiger partial charge is 0.349 e. The van der Waals surface area contributed by atoms with Crippen molar-refractivity contribution in [3.63, 3.8) is 0 Å². The number of benzene rings is 1. The number of carbonyl (C=O) groups is 1. The molecule has 6 heteroatoms. The van der Waals surface area contributed by atoms with Crippen LogP contribution in [0.3, 0.4) is 0 Å². The molecule has 21 heavy (non-hydrogen) atoms. The summed E-state index contributed by atoms with van der Waals surface area (Å²) in [5.74, 6) is 0.463. The first-order valence-electron chi connectivity index (χ1n) is 6.44. The monoisotopic (exact) mass is 306 g/mol. The molecular formula is C15H19ClN4O. The highest BCUT2D eigenvalue weighted by atomic mass is 35.5. The molecule has 1 amide bonds. The van der Waals surface area contributed by atoms with Gasteiger partial charge in [0.2, 0.25) is 5.91 Å². The van der Waals surface area contributed by atoms with Crippen molar-refractivity contribution in [1.82, 2.24) is 15.3 Å². The van der Waals surface area contributed by atoms with Gasteiger partial charge in [-0.1, -0.05) is 29.8 Å². The van der Waals surface area contributed by atoms with E-state index in [1.54, 1.807) is 12.3 Å². The van der Waals surface area contributed by atoms with Gasteiger partial charge in [0.05, 0.1) is 12.2 Å². The van der Waals surface area contributed by atoms with E-state index in [1.807, 2.05) is 38.1 Å². The third kappa shape index (κ3) is 4.81. The van der Waals surface area contributed by atoms with E-state index < -0.39 is 6.04 Å². The molecule has 0 radical (unpaired) electrons. The number of aromatic nitrogens is 2. The van der Waals surface area contributed by atoms with Crippen LogP contribution in [0.25, 0.3) is 0 Å². The molecule has 0 aliphatic carbocycles. The summed E-state index contributed by atoms with van der Waals surface area (Å²) in [6.45, 7) is 4.15. The molecule has 112 valence electrons. The summed E-state index contributed by atoms with van der Waals surface area (Å²) >= 11 is 0. The zero-order valence-corrected chi connectivity index (χ0v) is 12.9. The highest BCUT2D eigenvalue weighted by Crippen LogP contribution is 2.11. The zero-order valence-electron chi connectivity index (χ0n) is 12.0. The lowest BCUT2D eigenvalue weighted by molar-refractivity contribution is -0.122. The molecule has 0 saturated heterocycles. The minimum Gasteiger partial charge on any atom is -0.349 e. The number of nitrogens with zero attached hydrogens (tertiary/aromatic N) is 2. The Morgan fingerprint density at radius 3 is 2.52 bits per heavy atom. The van der Waals surface area contributed by atoms with Gasteiger partial charge in [-0.2, -0.15) is 0 Å². The van der Waals surface area contributed by atoms with Gasteiger partial charge in [0, 0.05) is 6.20 Å². The second-order valence-electron chi connectivity index (χ2n) is 4.70. The zero-order chi connectivity index (χ0) is 14.5. The maximum atomic E-state index is 12.0. The molecule has 2 aromatic rings. The van der Waals surface area contributed by atoms with Gasteiger partial charge in [-0.05, 0) is 25.5 Å². The minimum absolute atomic E-state index is 0. The topological polar surface area (TPSA) is 80.9 Å². The van der Waals surface area contributed by atoms with E-state index in [-0.39, 0.29) is 18.3 Å². The molecule has 0 aliphatic rings. The van der Waals surface area contributed by atoms with Gasteiger partial charge in [-0.25, -0.2) is 9.97 Å². The number of amides is 1. The number of aryl methyl sites for hydroxylation is 2. The fourth-order valence-corrected chi connectivity index (χ4v) is 1.82. The molecule has 0 bridgehead atoms. The Labute approximate surface area is 130 Å². The molecule has 2 rings (SSSR count). The van der Waals surface area contributed by atoms with Crippen LogP contribution >= 0.6 is 12.4 Å². The number of rotatable bonds is 4. The molecular weight excluding hydrogens is 288 g/mol. The molecule has 1 unspecified atom stereocenters. The minimum atomic E-state index is -0.668. The number of nitrogens with two attached hydrogens (primary N) is 1. The van der Waals surface area contributed by atoms with Crippen LogP contribution in [0.15, 0.2) is 36.5 Å². The Hall–Kier alpha value is -1.98.